The predicted molar refractivity (Wildman–Crippen MR) is 46.5 cm³/mol. The highest BCUT2D eigenvalue weighted by atomic mass is 32.3. The molecular weight excluding hydrogens is 248 g/mol. The smallest absolute Gasteiger partial charge is 0.387 e. The molecule has 9 nitrogen and oxygen atoms in total. The Morgan fingerprint density at radius 2 is 1.06 bits per heavy atom. The average Bonchev–Trinajstić information content (AvgIpc) is 2.17. The van der Waals surface area contributed by atoms with Gasteiger partial charge in [-0.25, -0.2) is 4.18 Å². The molecule has 0 heterocycles. The van der Waals surface area contributed by atoms with Crippen LogP contribution in [-0.4, -0.2) is 75.1 Å². The fourth-order valence-corrected chi connectivity index (χ4v) is 1.96. The summed E-state index contributed by atoms with van der Waals surface area (Å²) in [5.74, 6) is 0. The molecule has 96 valence electrons. The van der Waals surface area contributed by atoms with Gasteiger partial charge in [0.2, 0.25) is 0 Å². The lowest BCUT2D eigenvalue weighted by atomic mass is 9.85. The van der Waals surface area contributed by atoms with Crippen molar-refractivity contribution in [1.29, 1.82) is 0 Å². The zero-order chi connectivity index (χ0) is 12.7. The van der Waals surface area contributed by atoms with Gasteiger partial charge in [-0.2, -0.15) is 8.42 Å². The van der Waals surface area contributed by atoms with Crippen LogP contribution in [0.15, 0.2) is 0 Å². The summed E-state index contributed by atoms with van der Waals surface area (Å²) >= 11 is 0. The quantitative estimate of drug-likeness (QED) is 0.271. The van der Waals surface area contributed by atoms with Crippen molar-refractivity contribution in [3.63, 3.8) is 0 Å². The van der Waals surface area contributed by atoms with Gasteiger partial charge in [-0.05, 0) is 0 Å². The first-order valence-electron chi connectivity index (χ1n) is 4.21. The van der Waals surface area contributed by atoms with Crippen molar-refractivity contribution in [3.05, 3.63) is 0 Å². The molecule has 1 fully saturated rings. The van der Waals surface area contributed by atoms with Crippen LogP contribution in [0.3, 0.4) is 0 Å². The summed E-state index contributed by atoms with van der Waals surface area (Å²) in [6.45, 7) is 0. The molecule has 10 heteroatoms. The van der Waals surface area contributed by atoms with Crippen molar-refractivity contribution in [3.8, 4) is 0 Å². The van der Waals surface area contributed by atoms with Crippen molar-refractivity contribution in [2.24, 2.45) is 0 Å². The fourth-order valence-electron chi connectivity index (χ4n) is 1.45. The van der Waals surface area contributed by atoms with Gasteiger partial charge < -0.3 is 25.5 Å². The average molecular weight is 260 g/mol. The molecular formula is C6H12O9S. The highest BCUT2D eigenvalue weighted by Crippen LogP contribution is 2.24. The molecule has 6 N–H and O–H groups in total. The maximum absolute atomic E-state index is 10.4. The summed E-state index contributed by atoms with van der Waals surface area (Å²) in [6, 6.07) is 0. The van der Waals surface area contributed by atoms with Crippen molar-refractivity contribution >= 4 is 10.4 Å². The minimum atomic E-state index is -4.98. The molecule has 1 saturated carbocycles. The Morgan fingerprint density at radius 1 is 0.750 bits per heavy atom. The summed E-state index contributed by atoms with van der Waals surface area (Å²) in [5, 5.41) is 46.0. The maximum Gasteiger partial charge on any atom is 0.397 e. The van der Waals surface area contributed by atoms with Crippen LogP contribution in [0.1, 0.15) is 0 Å². The van der Waals surface area contributed by atoms with E-state index in [1.165, 1.54) is 0 Å². The molecule has 0 amide bonds. The molecule has 16 heavy (non-hydrogen) atoms. The van der Waals surface area contributed by atoms with Gasteiger partial charge in [0, 0.05) is 0 Å². The van der Waals surface area contributed by atoms with Crippen LogP contribution < -0.4 is 0 Å². The molecule has 0 radical (unpaired) electrons. The van der Waals surface area contributed by atoms with E-state index in [9.17, 15) is 28.8 Å². The van der Waals surface area contributed by atoms with Gasteiger partial charge in [-0.3, -0.25) is 4.55 Å². The Balaban J connectivity index is 2.91. The number of hydrogen-bond acceptors (Lipinski definition) is 8. The lowest BCUT2D eigenvalue weighted by Gasteiger charge is -2.40. The van der Waals surface area contributed by atoms with Gasteiger partial charge in [-0.1, -0.05) is 0 Å². The van der Waals surface area contributed by atoms with Crippen molar-refractivity contribution in [2.45, 2.75) is 36.6 Å². The monoisotopic (exact) mass is 260 g/mol. The Kier molecular flexibility index (Phi) is 3.87. The third-order valence-electron chi connectivity index (χ3n) is 2.31. The molecule has 0 bridgehead atoms. The standard InChI is InChI=1S/C6H12O9S/c7-1-2(8)4(10)6(5(11)3(1)9)15-16(12,13)14/h1-11H,(H,12,13,14)/t1?,2-,3+,4-,5-,6?/m1/s1. The molecule has 1 rings (SSSR count). The van der Waals surface area contributed by atoms with E-state index in [-0.39, 0.29) is 0 Å². The lowest BCUT2D eigenvalue weighted by molar-refractivity contribution is -0.217. The van der Waals surface area contributed by atoms with Crippen LogP contribution in [0.2, 0.25) is 0 Å². The van der Waals surface area contributed by atoms with Gasteiger partial charge in [0.25, 0.3) is 0 Å². The largest absolute Gasteiger partial charge is 0.397 e. The van der Waals surface area contributed by atoms with Crippen LogP contribution in [0.4, 0.5) is 0 Å². The van der Waals surface area contributed by atoms with E-state index in [1.807, 2.05) is 0 Å². The van der Waals surface area contributed by atoms with E-state index in [1.54, 1.807) is 0 Å². The molecule has 6 atom stereocenters. The third kappa shape index (κ3) is 2.67. The lowest BCUT2D eigenvalue weighted by Crippen LogP contribution is -2.64. The summed E-state index contributed by atoms with van der Waals surface area (Å²) in [5.41, 5.74) is 0. The molecule has 0 aromatic carbocycles. The first-order valence-corrected chi connectivity index (χ1v) is 5.57. The zero-order valence-electron chi connectivity index (χ0n) is 7.78. The maximum atomic E-state index is 10.4. The molecule has 0 aromatic rings. The van der Waals surface area contributed by atoms with Gasteiger partial charge >= 0.3 is 10.4 Å². The Morgan fingerprint density at radius 3 is 1.38 bits per heavy atom. The van der Waals surface area contributed by atoms with Gasteiger partial charge in [0.1, 0.15) is 36.6 Å². The second kappa shape index (κ2) is 4.50. The van der Waals surface area contributed by atoms with E-state index < -0.39 is 47.0 Å². The van der Waals surface area contributed by atoms with Crippen LogP contribution in [-0.2, 0) is 14.6 Å². The minimum absolute atomic E-state index is 1.86. The van der Waals surface area contributed by atoms with E-state index in [0.29, 0.717) is 0 Å². The normalized spacial score (nSPS) is 45.6. The van der Waals surface area contributed by atoms with Crippen LogP contribution >= 0.6 is 0 Å². The van der Waals surface area contributed by atoms with Crippen LogP contribution in [0.5, 0.6) is 0 Å². The highest BCUT2D eigenvalue weighted by Gasteiger charge is 2.50. The summed E-state index contributed by atoms with van der Waals surface area (Å²) in [7, 11) is -4.98. The van der Waals surface area contributed by atoms with E-state index in [0.717, 1.165) is 0 Å². The molecule has 1 aliphatic rings. The Hall–Kier alpha value is -0.330. The van der Waals surface area contributed by atoms with Gasteiger partial charge in [-0.15, -0.1) is 0 Å². The Bertz CT molecular complexity index is 324. The second-order valence-corrected chi connectivity index (χ2v) is 4.49. The molecule has 0 aliphatic heterocycles. The fraction of sp³-hybridized carbons (Fsp3) is 1.00. The Labute approximate surface area is 90.5 Å². The number of aliphatic hydroxyl groups is 5. The first-order chi connectivity index (χ1) is 7.15. The van der Waals surface area contributed by atoms with Crippen molar-refractivity contribution in [1.82, 2.24) is 0 Å². The minimum Gasteiger partial charge on any atom is -0.387 e. The summed E-state index contributed by atoms with van der Waals surface area (Å²) in [4.78, 5) is 0. The van der Waals surface area contributed by atoms with Crippen LogP contribution in [0, 0.1) is 0 Å². The number of aliphatic hydroxyl groups excluding tert-OH is 5. The molecule has 0 aromatic heterocycles. The second-order valence-electron chi connectivity index (χ2n) is 3.44. The first kappa shape index (κ1) is 13.7. The van der Waals surface area contributed by atoms with Crippen molar-refractivity contribution in [2.75, 3.05) is 0 Å². The zero-order valence-corrected chi connectivity index (χ0v) is 8.60. The predicted octanol–water partition coefficient (Wildman–Crippen LogP) is -4.01. The third-order valence-corrected chi connectivity index (χ3v) is 2.77. The molecule has 1 aliphatic carbocycles. The van der Waals surface area contributed by atoms with E-state index in [2.05, 4.69) is 4.18 Å². The molecule has 0 spiro atoms. The SMILES string of the molecule is O=S(=O)(O)OC1[C@H](O)[C@H](O)C(O)[C@H](O)[C@H]1O. The highest BCUT2D eigenvalue weighted by molar-refractivity contribution is 7.80. The van der Waals surface area contributed by atoms with Crippen LogP contribution in [0.25, 0.3) is 0 Å². The summed E-state index contributed by atoms with van der Waals surface area (Å²) in [6.07, 6.45) is -11.6. The molecule has 0 saturated heterocycles. The van der Waals surface area contributed by atoms with Crippen molar-refractivity contribution < 1.29 is 42.7 Å². The van der Waals surface area contributed by atoms with Gasteiger partial charge in [0.15, 0.2) is 0 Å². The van der Waals surface area contributed by atoms with E-state index >= 15 is 0 Å². The van der Waals surface area contributed by atoms with Gasteiger partial charge in [0.05, 0.1) is 0 Å². The number of rotatable bonds is 2. The topological polar surface area (TPSA) is 165 Å². The summed E-state index contributed by atoms with van der Waals surface area (Å²) < 4.78 is 33.0. The number of hydrogen-bond donors (Lipinski definition) is 6. The molecule has 2 unspecified atom stereocenters. The van der Waals surface area contributed by atoms with E-state index in [4.69, 9.17) is 9.66 Å².